The summed E-state index contributed by atoms with van der Waals surface area (Å²) in [6.45, 7) is 0.800. The molecule has 1 aliphatic carbocycles. The number of methoxy groups -OCH3 is 3. The van der Waals surface area contributed by atoms with Gasteiger partial charge in [0.2, 0.25) is 5.75 Å². The van der Waals surface area contributed by atoms with E-state index in [1.807, 2.05) is 12.1 Å². The van der Waals surface area contributed by atoms with Gasteiger partial charge >= 0.3 is 0 Å². The van der Waals surface area contributed by atoms with Gasteiger partial charge in [0.05, 0.1) is 21.3 Å². The molecule has 0 saturated heterocycles. The summed E-state index contributed by atoms with van der Waals surface area (Å²) in [5.74, 6) is 2.10. The third-order valence-corrected chi connectivity index (χ3v) is 2.94. The Bertz CT molecular complexity index is 388. The summed E-state index contributed by atoms with van der Waals surface area (Å²) >= 11 is 0. The predicted molar refractivity (Wildman–Crippen MR) is 66.0 cm³/mol. The monoisotopic (exact) mass is 237 g/mol. The second-order valence-electron chi connectivity index (χ2n) is 4.15. The Morgan fingerprint density at radius 3 is 2.29 bits per heavy atom. The number of nitrogens with one attached hydrogen (secondary N) is 1. The molecule has 1 aromatic rings. The number of rotatable bonds is 6. The Hall–Kier alpha value is -1.42. The molecule has 1 saturated carbocycles. The van der Waals surface area contributed by atoms with Crippen LogP contribution in [0.4, 0.5) is 0 Å². The Kier molecular flexibility index (Phi) is 3.74. The van der Waals surface area contributed by atoms with E-state index in [0.29, 0.717) is 17.5 Å². The standard InChI is InChI=1S/C13H19NO3/c1-15-11-7-4-9(8-14-10-5-6-10)12(16-2)13(11)17-3/h4,7,10,14H,5-6,8H2,1-3H3. The molecule has 0 aromatic heterocycles. The van der Waals surface area contributed by atoms with E-state index in [0.717, 1.165) is 17.9 Å². The maximum absolute atomic E-state index is 5.42. The van der Waals surface area contributed by atoms with Crippen molar-refractivity contribution in [1.29, 1.82) is 0 Å². The van der Waals surface area contributed by atoms with Crippen LogP contribution < -0.4 is 19.5 Å². The molecule has 0 spiro atoms. The van der Waals surface area contributed by atoms with E-state index in [9.17, 15) is 0 Å². The predicted octanol–water partition coefficient (Wildman–Crippen LogP) is 1.96. The van der Waals surface area contributed by atoms with Crippen molar-refractivity contribution in [2.75, 3.05) is 21.3 Å². The van der Waals surface area contributed by atoms with Gasteiger partial charge in [-0.3, -0.25) is 0 Å². The average Bonchev–Trinajstić information content (AvgIpc) is 3.18. The largest absolute Gasteiger partial charge is 0.493 e. The number of hydrogen-bond acceptors (Lipinski definition) is 4. The van der Waals surface area contributed by atoms with Gasteiger partial charge in [0, 0.05) is 18.2 Å². The molecule has 94 valence electrons. The normalized spacial score (nSPS) is 14.5. The van der Waals surface area contributed by atoms with Crippen molar-refractivity contribution in [2.24, 2.45) is 0 Å². The molecule has 1 fully saturated rings. The first-order chi connectivity index (χ1) is 8.30. The Morgan fingerprint density at radius 2 is 1.76 bits per heavy atom. The van der Waals surface area contributed by atoms with E-state index >= 15 is 0 Å². The molecule has 0 atom stereocenters. The van der Waals surface area contributed by atoms with E-state index in [1.54, 1.807) is 21.3 Å². The fourth-order valence-electron chi connectivity index (χ4n) is 1.84. The van der Waals surface area contributed by atoms with Crippen LogP contribution in [0.25, 0.3) is 0 Å². The zero-order valence-electron chi connectivity index (χ0n) is 10.6. The highest BCUT2D eigenvalue weighted by atomic mass is 16.5. The molecule has 17 heavy (non-hydrogen) atoms. The van der Waals surface area contributed by atoms with Crippen LogP contribution in [-0.2, 0) is 6.54 Å². The first-order valence-electron chi connectivity index (χ1n) is 5.81. The minimum atomic E-state index is 0.657. The maximum atomic E-state index is 5.42. The zero-order chi connectivity index (χ0) is 12.3. The van der Waals surface area contributed by atoms with E-state index in [1.165, 1.54) is 12.8 Å². The molecule has 0 bridgehead atoms. The second-order valence-corrected chi connectivity index (χ2v) is 4.15. The van der Waals surface area contributed by atoms with Gasteiger partial charge in [0.15, 0.2) is 11.5 Å². The average molecular weight is 237 g/mol. The van der Waals surface area contributed by atoms with Crippen LogP contribution in [0.3, 0.4) is 0 Å². The molecule has 1 aliphatic rings. The molecular formula is C13H19NO3. The van der Waals surface area contributed by atoms with Crippen LogP contribution >= 0.6 is 0 Å². The van der Waals surface area contributed by atoms with Crippen molar-refractivity contribution < 1.29 is 14.2 Å². The fraction of sp³-hybridized carbons (Fsp3) is 0.538. The molecule has 0 aliphatic heterocycles. The highest BCUT2D eigenvalue weighted by Gasteiger charge is 2.22. The van der Waals surface area contributed by atoms with Gasteiger partial charge in [-0.1, -0.05) is 6.07 Å². The molecule has 0 amide bonds. The molecule has 1 N–H and O–H groups in total. The number of ether oxygens (including phenoxy) is 3. The van der Waals surface area contributed by atoms with Gasteiger partial charge in [-0.05, 0) is 18.9 Å². The molecule has 0 radical (unpaired) electrons. The van der Waals surface area contributed by atoms with Gasteiger partial charge in [0.25, 0.3) is 0 Å². The van der Waals surface area contributed by atoms with Gasteiger partial charge in [-0.15, -0.1) is 0 Å². The first-order valence-corrected chi connectivity index (χ1v) is 5.81. The molecule has 0 unspecified atom stereocenters. The number of hydrogen-bond donors (Lipinski definition) is 1. The molecule has 4 nitrogen and oxygen atoms in total. The minimum Gasteiger partial charge on any atom is -0.493 e. The van der Waals surface area contributed by atoms with Gasteiger partial charge < -0.3 is 19.5 Å². The smallest absolute Gasteiger partial charge is 0.203 e. The lowest BCUT2D eigenvalue weighted by molar-refractivity contribution is 0.321. The van der Waals surface area contributed by atoms with Crippen LogP contribution in [0, 0.1) is 0 Å². The first kappa shape index (κ1) is 12.0. The van der Waals surface area contributed by atoms with Crippen molar-refractivity contribution in [3.8, 4) is 17.2 Å². The second kappa shape index (κ2) is 5.27. The summed E-state index contributed by atoms with van der Waals surface area (Å²) in [5, 5.41) is 3.46. The Balaban J connectivity index is 2.23. The highest BCUT2D eigenvalue weighted by Crippen LogP contribution is 2.39. The zero-order valence-corrected chi connectivity index (χ0v) is 10.6. The van der Waals surface area contributed by atoms with Crippen LogP contribution in [0.2, 0.25) is 0 Å². The molecule has 0 heterocycles. The molecule has 2 rings (SSSR count). The Labute approximate surface area is 102 Å². The lowest BCUT2D eigenvalue weighted by atomic mass is 10.1. The fourth-order valence-corrected chi connectivity index (χ4v) is 1.84. The SMILES string of the molecule is COc1ccc(CNC2CC2)c(OC)c1OC. The lowest BCUT2D eigenvalue weighted by Gasteiger charge is -2.15. The summed E-state index contributed by atoms with van der Waals surface area (Å²) in [6.07, 6.45) is 2.55. The maximum Gasteiger partial charge on any atom is 0.203 e. The summed E-state index contributed by atoms with van der Waals surface area (Å²) in [6, 6.07) is 4.59. The number of benzene rings is 1. The molecule has 1 aromatic carbocycles. The third kappa shape index (κ3) is 2.64. The highest BCUT2D eigenvalue weighted by molar-refractivity contribution is 5.55. The van der Waals surface area contributed by atoms with Crippen molar-refractivity contribution >= 4 is 0 Å². The van der Waals surface area contributed by atoms with Gasteiger partial charge in [-0.25, -0.2) is 0 Å². The van der Waals surface area contributed by atoms with E-state index in [2.05, 4.69) is 5.32 Å². The van der Waals surface area contributed by atoms with Crippen LogP contribution in [-0.4, -0.2) is 27.4 Å². The topological polar surface area (TPSA) is 39.7 Å². The summed E-state index contributed by atoms with van der Waals surface area (Å²) in [4.78, 5) is 0. The van der Waals surface area contributed by atoms with E-state index < -0.39 is 0 Å². The summed E-state index contributed by atoms with van der Waals surface area (Å²) in [5.41, 5.74) is 1.09. The quantitative estimate of drug-likeness (QED) is 0.821. The summed E-state index contributed by atoms with van der Waals surface area (Å²) < 4.78 is 16.0. The van der Waals surface area contributed by atoms with E-state index in [4.69, 9.17) is 14.2 Å². The van der Waals surface area contributed by atoms with Gasteiger partial charge in [0.1, 0.15) is 0 Å². The van der Waals surface area contributed by atoms with Crippen LogP contribution in [0.1, 0.15) is 18.4 Å². The van der Waals surface area contributed by atoms with Crippen molar-refractivity contribution in [1.82, 2.24) is 5.32 Å². The van der Waals surface area contributed by atoms with E-state index in [-0.39, 0.29) is 0 Å². The molecular weight excluding hydrogens is 218 g/mol. The van der Waals surface area contributed by atoms with Crippen molar-refractivity contribution in [3.05, 3.63) is 17.7 Å². The lowest BCUT2D eigenvalue weighted by Crippen LogP contribution is -2.16. The van der Waals surface area contributed by atoms with Crippen molar-refractivity contribution in [2.45, 2.75) is 25.4 Å². The third-order valence-electron chi connectivity index (χ3n) is 2.94. The summed E-state index contributed by atoms with van der Waals surface area (Å²) in [7, 11) is 4.90. The minimum absolute atomic E-state index is 0.657. The van der Waals surface area contributed by atoms with Crippen LogP contribution in [0.15, 0.2) is 12.1 Å². The van der Waals surface area contributed by atoms with Crippen LogP contribution in [0.5, 0.6) is 17.2 Å². The van der Waals surface area contributed by atoms with Gasteiger partial charge in [-0.2, -0.15) is 0 Å². The molecule has 4 heteroatoms. The Morgan fingerprint density at radius 1 is 1.06 bits per heavy atom. The van der Waals surface area contributed by atoms with Crippen molar-refractivity contribution in [3.63, 3.8) is 0 Å².